The van der Waals surface area contributed by atoms with Gasteiger partial charge in [0.15, 0.2) is 12.4 Å². The molecule has 0 fully saturated rings. The Morgan fingerprint density at radius 1 is 1.00 bits per heavy atom. The molecule has 0 amide bonds. The van der Waals surface area contributed by atoms with E-state index in [9.17, 15) is 5.21 Å². The van der Waals surface area contributed by atoms with Gasteiger partial charge in [0.2, 0.25) is 0 Å². The highest BCUT2D eigenvalue weighted by molar-refractivity contribution is 4.83. The van der Waals surface area contributed by atoms with Crippen molar-refractivity contribution in [2.75, 3.05) is 21.1 Å². The van der Waals surface area contributed by atoms with Crippen molar-refractivity contribution < 1.29 is 4.73 Å². The van der Waals surface area contributed by atoms with Gasteiger partial charge in [-0.05, 0) is 21.1 Å². The minimum Gasteiger partial charge on any atom is -0.619 e. The quantitative estimate of drug-likeness (QED) is 0.402. The maximum absolute atomic E-state index is 10.2. The van der Waals surface area contributed by atoms with E-state index in [1.165, 1.54) is 12.4 Å². The number of rotatable bonds is 0. The summed E-state index contributed by atoms with van der Waals surface area (Å²) in [4.78, 5) is 2.00. The van der Waals surface area contributed by atoms with Gasteiger partial charge < -0.3 is 10.1 Å². The molecule has 1 aromatic heterocycles. The van der Waals surface area contributed by atoms with Gasteiger partial charge in [-0.3, -0.25) is 0 Å². The van der Waals surface area contributed by atoms with Crippen LogP contribution in [0.2, 0.25) is 0 Å². The second-order valence-electron chi connectivity index (χ2n) is 2.58. The molecule has 0 aromatic carbocycles. The minimum atomic E-state index is 0.750. The van der Waals surface area contributed by atoms with E-state index in [-0.39, 0.29) is 0 Å². The smallest absolute Gasteiger partial charge is 0.180 e. The Morgan fingerprint density at radius 2 is 1.36 bits per heavy atom. The van der Waals surface area contributed by atoms with E-state index >= 15 is 0 Å². The maximum atomic E-state index is 10.2. The number of pyridine rings is 1. The molecular formula is C8H14N2O. The van der Waals surface area contributed by atoms with E-state index in [1.807, 2.05) is 26.0 Å². The topological polar surface area (TPSA) is 30.2 Å². The largest absolute Gasteiger partial charge is 0.619 e. The minimum absolute atomic E-state index is 0.750. The van der Waals surface area contributed by atoms with Crippen molar-refractivity contribution in [2.24, 2.45) is 0 Å². The van der Waals surface area contributed by atoms with Gasteiger partial charge in [-0.1, -0.05) is 6.07 Å². The summed E-state index contributed by atoms with van der Waals surface area (Å²) >= 11 is 0. The first-order valence-electron chi connectivity index (χ1n) is 3.37. The molecule has 1 heterocycles. The number of hydrogen-bond donors (Lipinski definition) is 0. The Hall–Kier alpha value is -1.09. The zero-order valence-electron chi connectivity index (χ0n) is 7.19. The predicted octanol–water partition coefficient (Wildman–Crippen LogP) is 0.498. The van der Waals surface area contributed by atoms with Crippen molar-refractivity contribution in [3.05, 3.63) is 35.8 Å². The molecule has 3 nitrogen and oxygen atoms in total. The first kappa shape index (κ1) is 9.91. The van der Waals surface area contributed by atoms with Crippen LogP contribution in [-0.2, 0) is 0 Å². The lowest BCUT2D eigenvalue weighted by molar-refractivity contribution is -0.605. The molecule has 0 aliphatic carbocycles. The molecule has 3 heteroatoms. The summed E-state index contributed by atoms with van der Waals surface area (Å²) in [7, 11) is 6.00. The fraction of sp³-hybridized carbons (Fsp3) is 0.375. The molecule has 0 atom stereocenters. The van der Waals surface area contributed by atoms with E-state index in [4.69, 9.17) is 0 Å². The van der Waals surface area contributed by atoms with Gasteiger partial charge in [0.1, 0.15) is 0 Å². The lowest BCUT2D eigenvalue weighted by Crippen LogP contribution is -2.22. The van der Waals surface area contributed by atoms with E-state index in [1.54, 1.807) is 18.2 Å². The van der Waals surface area contributed by atoms with Crippen LogP contribution in [0.25, 0.3) is 0 Å². The van der Waals surface area contributed by atoms with Gasteiger partial charge in [0, 0.05) is 12.1 Å². The lowest BCUT2D eigenvalue weighted by atomic mass is 10.5. The van der Waals surface area contributed by atoms with Gasteiger partial charge in [-0.15, -0.1) is 0 Å². The van der Waals surface area contributed by atoms with Crippen LogP contribution in [0, 0.1) is 5.21 Å². The molecule has 1 aromatic rings. The average molecular weight is 154 g/mol. The highest BCUT2D eigenvalue weighted by Gasteiger charge is 1.75. The fourth-order valence-corrected chi connectivity index (χ4v) is 0.383. The molecule has 11 heavy (non-hydrogen) atoms. The SMILES string of the molecule is CN(C)C.[O-][n+]1ccccc1. The Kier molecular flexibility index (Phi) is 5.11. The van der Waals surface area contributed by atoms with Crippen LogP contribution in [-0.4, -0.2) is 26.0 Å². The van der Waals surface area contributed by atoms with Crippen molar-refractivity contribution in [2.45, 2.75) is 0 Å². The molecule has 0 saturated heterocycles. The summed E-state index contributed by atoms with van der Waals surface area (Å²) in [5.41, 5.74) is 0. The number of aromatic nitrogens is 1. The van der Waals surface area contributed by atoms with Crippen molar-refractivity contribution in [1.82, 2.24) is 4.90 Å². The number of nitrogens with zero attached hydrogens (tertiary/aromatic N) is 2. The van der Waals surface area contributed by atoms with E-state index < -0.39 is 0 Å². The molecule has 62 valence electrons. The third kappa shape index (κ3) is 8.91. The van der Waals surface area contributed by atoms with E-state index in [2.05, 4.69) is 0 Å². The molecular weight excluding hydrogens is 140 g/mol. The Morgan fingerprint density at radius 3 is 1.55 bits per heavy atom. The highest BCUT2D eigenvalue weighted by atomic mass is 16.5. The molecule has 0 N–H and O–H groups in total. The van der Waals surface area contributed by atoms with Crippen LogP contribution in [0.15, 0.2) is 30.6 Å². The molecule has 0 spiro atoms. The summed E-state index contributed by atoms with van der Waals surface area (Å²) in [6.45, 7) is 0. The van der Waals surface area contributed by atoms with E-state index in [0.29, 0.717) is 0 Å². The normalized spacial score (nSPS) is 8.73. The molecule has 1 rings (SSSR count). The molecule has 0 unspecified atom stereocenters. The van der Waals surface area contributed by atoms with Gasteiger partial charge in [-0.25, -0.2) is 0 Å². The zero-order valence-corrected chi connectivity index (χ0v) is 7.19. The van der Waals surface area contributed by atoms with Gasteiger partial charge in [0.25, 0.3) is 0 Å². The first-order chi connectivity index (χ1) is 5.13. The fourth-order valence-electron chi connectivity index (χ4n) is 0.383. The average Bonchev–Trinajstić information content (AvgIpc) is 1.87. The van der Waals surface area contributed by atoms with Gasteiger partial charge in [0.05, 0.1) is 0 Å². The predicted molar refractivity (Wildman–Crippen MR) is 45.0 cm³/mol. The van der Waals surface area contributed by atoms with Crippen molar-refractivity contribution in [3.63, 3.8) is 0 Å². The van der Waals surface area contributed by atoms with Crippen LogP contribution < -0.4 is 4.73 Å². The maximum Gasteiger partial charge on any atom is 0.180 e. The van der Waals surface area contributed by atoms with Crippen LogP contribution in [0.1, 0.15) is 0 Å². The standard InChI is InChI=1S/C5H5NO.C3H9N/c7-6-4-2-1-3-5-6;1-4(2)3/h1-5H;1-3H3. The monoisotopic (exact) mass is 154 g/mol. The lowest BCUT2D eigenvalue weighted by Gasteiger charge is -1.90. The Balaban J connectivity index is 0.000000218. The van der Waals surface area contributed by atoms with Crippen molar-refractivity contribution in [1.29, 1.82) is 0 Å². The first-order valence-corrected chi connectivity index (χ1v) is 3.37. The second kappa shape index (κ2) is 5.68. The summed E-state index contributed by atoms with van der Waals surface area (Å²) in [5, 5.41) is 10.2. The van der Waals surface area contributed by atoms with Crippen LogP contribution in [0.5, 0.6) is 0 Å². The molecule has 0 aliphatic heterocycles. The molecule has 0 bridgehead atoms. The zero-order chi connectivity index (χ0) is 8.69. The van der Waals surface area contributed by atoms with Crippen molar-refractivity contribution in [3.8, 4) is 0 Å². The third-order valence-electron chi connectivity index (χ3n) is 0.688. The number of hydrogen-bond acceptors (Lipinski definition) is 2. The molecule has 0 saturated carbocycles. The Bertz CT molecular complexity index is 172. The summed E-state index contributed by atoms with van der Waals surface area (Å²) < 4.78 is 0.750. The van der Waals surface area contributed by atoms with Crippen molar-refractivity contribution >= 4 is 0 Å². The van der Waals surface area contributed by atoms with Crippen LogP contribution in [0.3, 0.4) is 0 Å². The summed E-state index contributed by atoms with van der Waals surface area (Å²) in [6, 6.07) is 5.18. The summed E-state index contributed by atoms with van der Waals surface area (Å²) in [6.07, 6.45) is 2.89. The molecule has 0 radical (unpaired) electrons. The summed E-state index contributed by atoms with van der Waals surface area (Å²) in [5.74, 6) is 0. The van der Waals surface area contributed by atoms with E-state index in [0.717, 1.165) is 4.73 Å². The third-order valence-corrected chi connectivity index (χ3v) is 0.688. The van der Waals surface area contributed by atoms with Gasteiger partial charge in [-0.2, -0.15) is 4.73 Å². The van der Waals surface area contributed by atoms with Crippen LogP contribution in [0.4, 0.5) is 0 Å². The second-order valence-corrected chi connectivity index (χ2v) is 2.58. The molecule has 0 aliphatic rings. The van der Waals surface area contributed by atoms with Gasteiger partial charge >= 0.3 is 0 Å². The Labute approximate surface area is 67.5 Å². The van der Waals surface area contributed by atoms with Crippen LogP contribution >= 0.6 is 0 Å². The highest BCUT2D eigenvalue weighted by Crippen LogP contribution is 1.72.